The van der Waals surface area contributed by atoms with Gasteiger partial charge in [-0.15, -0.1) is 0 Å². The number of piperidine rings is 1. The van der Waals surface area contributed by atoms with Crippen molar-refractivity contribution in [1.82, 2.24) is 14.5 Å². The lowest BCUT2D eigenvalue weighted by atomic mass is 10.1. The quantitative estimate of drug-likeness (QED) is 0.759. The second kappa shape index (κ2) is 9.38. The molecule has 1 aliphatic rings. The first-order chi connectivity index (χ1) is 12.7. The van der Waals surface area contributed by atoms with Crippen molar-refractivity contribution in [2.75, 3.05) is 33.3 Å². The van der Waals surface area contributed by atoms with Crippen LogP contribution in [0.15, 0.2) is 29.2 Å². The van der Waals surface area contributed by atoms with Gasteiger partial charge in [-0.05, 0) is 44.0 Å². The first-order valence-electron chi connectivity index (χ1n) is 8.67. The SMILES string of the molecule is CCOC(=O)N1CCC(NC(=O)CN(C)S(=O)(=O)c2ccc(Cl)cc2)CC1. The van der Waals surface area contributed by atoms with Crippen LogP contribution in [0.4, 0.5) is 4.79 Å². The van der Waals surface area contributed by atoms with Gasteiger partial charge in [-0.1, -0.05) is 11.6 Å². The number of nitrogens with zero attached hydrogens (tertiary/aromatic N) is 2. The normalized spacial score (nSPS) is 15.6. The smallest absolute Gasteiger partial charge is 0.409 e. The largest absolute Gasteiger partial charge is 0.450 e. The van der Waals surface area contributed by atoms with Crippen LogP contribution in [-0.4, -0.2) is 69.0 Å². The molecule has 0 aromatic heterocycles. The zero-order chi connectivity index (χ0) is 20.0. The van der Waals surface area contributed by atoms with Crippen molar-refractivity contribution < 1.29 is 22.7 Å². The summed E-state index contributed by atoms with van der Waals surface area (Å²) >= 11 is 5.78. The summed E-state index contributed by atoms with van der Waals surface area (Å²) in [4.78, 5) is 25.6. The van der Waals surface area contributed by atoms with E-state index in [2.05, 4.69) is 5.32 Å². The van der Waals surface area contributed by atoms with Crippen LogP contribution in [0, 0.1) is 0 Å². The number of nitrogens with one attached hydrogen (secondary N) is 1. The number of rotatable bonds is 6. The summed E-state index contributed by atoms with van der Waals surface area (Å²) in [5, 5.41) is 3.26. The van der Waals surface area contributed by atoms with Gasteiger partial charge < -0.3 is 15.0 Å². The molecule has 1 fully saturated rings. The Morgan fingerprint density at radius 2 is 1.85 bits per heavy atom. The number of sulfonamides is 1. The van der Waals surface area contributed by atoms with E-state index in [9.17, 15) is 18.0 Å². The molecule has 1 heterocycles. The summed E-state index contributed by atoms with van der Waals surface area (Å²) < 4.78 is 30.9. The van der Waals surface area contributed by atoms with E-state index >= 15 is 0 Å². The fraction of sp³-hybridized carbons (Fsp3) is 0.529. The van der Waals surface area contributed by atoms with Crippen LogP contribution >= 0.6 is 11.6 Å². The number of likely N-dealkylation sites (tertiary alicyclic amines) is 1. The summed E-state index contributed by atoms with van der Waals surface area (Å²) in [5.41, 5.74) is 0. The van der Waals surface area contributed by atoms with E-state index in [1.54, 1.807) is 11.8 Å². The third kappa shape index (κ3) is 5.82. The molecule has 1 aliphatic heterocycles. The monoisotopic (exact) mass is 417 g/mol. The Hall–Kier alpha value is -1.84. The molecule has 1 N–H and O–H groups in total. The van der Waals surface area contributed by atoms with Crippen molar-refractivity contribution in [2.45, 2.75) is 30.7 Å². The molecule has 0 unspecified atom stereocenters. The summed E-state index contributed by atoms with van der Waals surface area (Å²) in [6.45, 7) is 2.76. The van der Waals surface area contributed by atoms with E-state index in [1.807, 2.05) is 0 Å². The zero-order valence-corrected chi connectivity index (χ0v) is 16.9. The van der Waals surface area contributed by atoms with E-state index in [-0.39, 0.29) is 29.5 Å². The lowest BCUT2D eigenvalue weighted by molar-refractivity contribution is -0.122. The summed E-state index contributed by atoms with van der Waals surface area (Å²) in [7, 11) is -2.42. The Morgan fingerprint density at radius 1 is 1.26 bits per heavy atom. The average molecular weight is 418 g/mol. The molecule has 150 valence electrons. The van der Waals surface area contributed by atoms with Crippen LogP contribution in [0.5, 0.6) is 0 Å². The maximum atomic E-state index is 12.5. The molecule has 2 amide bonds. The number of carbonyl (C=O) groups is 2. The molecule has 1 aromatic rings. The highest BCUT2D eigenvalue weighted by Gasteiger charge is 2.27. The molecule has 2 rings (SSSR count). The number of hydrogen-bond donors (Lipinski definition) is 1. The first-order valence-corrected chi connectivity index (χ1v) is 10.5. The van der Waals surface area contributed by atoms with Gasteiger partial charge in [-0.2, -0.15) is 4.31 Å². The third-order valence-electron chi connectivity index (χ3n) is 4.27. The van der Waals surface area contributed by atoms with Gasteiger partial charge in [0.15, 0.2) is 0 Å². The fourth-order valence-electron chi connectivity index (χ4n) is 2.77. The minimum atomic E-state index is -3.77. The zero-order valence-electron chi connectivity index (χ0n) is 15.4. The molecule has 0 aliphatic carbocycles. The number of hydrogen-bond acceptors (Lipinski definition) is 5. The Morgan fingerprint density at radius 3 is 2.41 bits per heavy atom. The summed E-state index contributed by atoms with van der Waals surface area (Å²) in [5.74, 6) is -0.385. The van der Waals surface area contributed by atoms with Crippen LogP contribution in [0.3, 0.4) is 0 Å². The van der Waals surface area contributed by atoms with Gasteiger partial charge in [0.25, 0.3) is 0 Å². The van der Waals surface area contributed by atoms with Crippen molar-refractivity contribution in [3.63, 3.8) is 0 Å². The van der Waals surface area contributed by atoms with Crippen molar-refractivity contribution >= 4 is 33.6 Å². The molecule has 1 saturated heterocycles. The van der Waals surface area contributed by atoms with Gasteiger partial charge in [0.1, 0.15) is 0 Å². The Labute approximate surface area is 164 Å². The molecule has 10 heteroatoms. The highest BCUT2D eigenvalue weighted by Crippen LogP contribution is 2.17. The van der Waals surface area contributed by atoms with Crippen molar-refractivity contribution in [3.8, 4) is 0 Å². The van der Waals surface area contributed by atoms with Gasteiger partial charge in [0.05, 0.1) is 18.0 Å². The summed E-state index contributed by atoms with van der Waals surface area (Å²) in [6, 6.07) is 5.67. The first kappa shape index (κ1) is 21.5. The second-order valence-corrected chi connectivity index (χ2v) is 8.72. The Balaban J connectivity index is 1.85. The van der Waals surface area contributed by atoms with Crippen molar-refractivity contribution in [3.05, 3.63) is 29.3 Å². The molecule has 0 saturated carbocycles. The van der Waals surface area contributed by atoms with E-state index in [1.165, 1.54) is 31.3 Å². The average Bonchev–Trinajstić information content (AvgIpc) is 2.62. The molecule has 1 aromatic carbocycles. The highest BCUT2D eigenvalue weighted by molar-refractivity contribution is 7.89. The molecular formula is C17H24ClN3O5S. The maximum absolute atomic E-state index is 12.5. The Kier molecular flexibility index (Phi) is 7.46. The van der Waals surface area contributed by atoms with Crippen molar-refractivity contribution in [1.29, 1.82) is 0 Å². The van der Waals surface area contributed by atoms with Gasteiger partial charge in [0, 0.05) is 31.2 Å². The Bertz CT molecular complexity index is 761. The minimum Gasteiger partial charge on any atom is -0.450 e. The van der Waals surface area contributed by atoms with E-state index < -0.39 is 10.0 Å². The summed E-state index contributed by atoms with van der Waals surface area (Å²) in [6.07, 6.45) is 0.840. The predicted octanol–water partition coefficient (Wildman–Crippen LogP) is 1.70. The molecule has 0 atom stereocenters. The number of likely N-dealkylation sites (N-methyl/N-ethyl adjacent to an activating group) is 1. The number of amides is 2. The van der Waals surface area contributed by atoms with Crippen LogP contribution in [0.25, 0.3) is 0 Å². The van der Waals surface area contributed by atoms with E-state index in [0.29, 0.717) is 37.6 Å². The molecule has 27 heavy (non-hydrogen) atoms. The number of ether oxygens (including phenoxy) is 1. The standard InChI is InChI=1S/C17H24ClN3O5S/c1-3-26-17(23)21-10-8-14(9-11-21)19-16(22)12-20(2)27(24,25)15-6-4-13(18)5-7-15/h4-7,14H,3,8-12H2,1-2H3,(H,19,22). The van der Waals surface area contributed by atoms with Crippen LogP contribution in [0.2, 0.25) is 5.02 Å². The molecule has 0 bridgehead atoms. The van der Waals surface area contributed by atoms with Crippen molar-refractivity contribution in [2.24, 2.45) is 0 Å². The lowest BCUT2D eigenvalue weighted by Crippen LogP contribution is -2.49. The van der Waals surface area contributed by atoms with Gasteiger partial charge in [-0.25, -0.2) is 13.2 Å². The number of carbonyl (C=O) groups excluding carboxylic acids is 2. The molecule has 0 radical (unpaired) electrons. The van der Waals surface area contributed by atoms with Crippen LogP contribution in [-0.2, 0) is 19.6 Å². The topological polar surface area (TPSA) is 96.0 Å². The van der Waals surface area contributed by atoms with Gasteiger partial charge in [-0.3, -0.25) is 4.79 Å². The predicted molar refractivity (Wildman–Crippen MR) is 101 cm³/mol. The molecular weight excluding hydrogens is 394 g/mol. The highest BCUT2D eigenvalue weighted by atomic mass is 35.5. The van der Waals surface area contributed by atoms with Gasteiger partial charge in [0.2, 0.25) is 15.9 Å². The molecule has 0 spiro atoms. The maximum Gasteiger partial charge on any atom is 0.409 e. The number of halogens is 1. The second-order valence-electron chi connectivity index (χ2n) is 6.24. The fourth-order valence-corrected chi connectivity index (χ4v) is 4.02. The minimum absolute atomic E-state index is 0.0740. The van der Waals surface area contributed by atoms with E-state index in [0.717, 1.165) is 4.31 Å². The third-order valence-corrected chi connectivity index (χ3v) is 6.34. The molecule has 8 nitrogen and oxygen atoms in total. The lowest BCUT2D eigenvalue weighted by Gasteiger charge is -2.31. The van der Waals surface area contributed by atoms with Crippen LogP contribution < -0.4 is 5.32 Å². The van der Waals surface area contributed by atoms with Gasteiger partial charge >= 0.3 is 6.09 Å². The van der Waals surface area contributed by atoms with Crippen LogP contribution in [0.1, 0.15) is 19.8 Å². The number of benzene rings is 1. The van der Waals surface area contributed by atoms with E-state index in [4.69, 9.17) is 16.3 Å².